The van der Waals surface area contributed by atoms with Crippen LogP contribution in [0.3, 0.4) is 0 Å². The van der Waals surface area contributed by atoms with Crippen LogP contribution in [0, 0.1) is 0 Å². The normalized spacial score (nSPS) is 10.1. The number of halogens is 1. The molecule has 0 aliphatic rings. The van der Waals surface area contributed by atoms with E-state index in [0.29, 0.717) is 0 Å². The number of benzene rings is 1. The summed E-state index contributed by atoms with van der Waals surface area (Å²) in [6, 6.07) is 9.21. The molecule has 2 aromatic rings. The third kappa shape index (κ3) is 2.22. The molecule has 0 unspecified atom stereocenters. The first-order chi connectivity index (χ1) is 7.66. The van der Waals surface area contributed by atoms with E-state index in [1.54, 1.807) is 0 Å². The molecule has 5 nitrogen and oxygen atoms in total. The van der Waals surface area contributed by atoms with Crippen molar-refractivity contribution < 1.29 is 5.11 Å². The molecule has 0 aliphatic heterocycles. The second-order valence-electron chi connectivity index (χ2n) is 3.04. The Morgan fingerprint density at radius 1 is 1.31 bits per heavy atom. The van der Waals surface area contributed by atoms with Gasteiger partial charge < -0.3 is 10.4 Å². The number of aromatic amines is 1. The van der Waals surface area contributed by atoms with E-state index in [9.17, 15) is 9.90 Å². The highest BCUT2D eigenvalue weighted by Crippen LogP contribution is 2.18. The SMILES string of the molecule is O=c1[nH]c(Nc2ccccc2)nc(O)c1Br. The smallest absolute Gasteiger partial charge is 0.270 e. The Kier molecular flexibility index (Phi) is 2.91. The van der Waals surface area contributed by atoms with Gasteiger partial charge in [0.1, 0.15) is 4.47 Å². The molecular weight excluding hydrogens is 274 g/mol. The molecule has 0 radical (unpaired) electrons. The van der Waals surface area contributed by atoms with Crippen molar-refractivity contribution in [3.05, 3.63) is 45.2 Å². The molecular formula is C10H8BrN3O2. The van der Waals surface area contributed by atoms with Crippen LogP contribution < -0.4 is 10.9 Å². The minimum Gasteiger partial charge on any atom is -0.492 e. The molecule has 0 saturated carbocycles. The van der Waals surface area contributed by atoms with Gasteiger partial charge >= 0.3 is 0 Å². The quantitative estimate of drug-likeness (QED) is 0.787. The van der Waals surface area contributed by atoms with Crippen LogP contribution in [0.1, 0.15) is 0 Å². The highest BCUT2D eigenvalue weighted by molar-refractivity contribution is 9.10. The van der Waals surface area contributed by atoms with Crippen molar-refractivity contribution in [1.29, 1.82) is 0 Å². The van der Waals surface area contributed by atoms with Crippen molar-refractivity contribution in [3.8, 4) is 5.88 Å². The van der Waals surface area contributed by atoms with Gasteiger partial charge in [0, 0.05) is 5.69 Å². The number of nitrogens with one attached hydrogen (secondary N) is 2. The van der Waals surface area contributed by atoms with Crippen LogP contribution in [-0.4, -0.2) is 15.1 Å². The summed E-state index contributed by atoms with van der Waals surface area (Å²) >= 11 is 2.91. The summed E-state index contributed by atoms with van der Waals surface area (Å²) in [5.74, 6) is -0.154. The van der Waals surface area contributed by atoms with Gasteiger partial charge in [0.15, 0.2) is 0 Å². The summed E-state index contributed by atoms with van der Waals surface area (Å²) in [6.45, 7) is 0. The molecule has 2 rings (SSSR count). The van der Waals surface area contributed by atoms with Crippen LogP contribution in [0.15, 0.2) is 39.6 Å². The number of hydrogen-bond donors (Lipinski definition) is 3. The highest BCUT2D eigenvalue weighted by Gasteiger charge is 2.06. The zero-order valence-electron chi connectivity index (χ0n) is 8.07. The summed E-state index contributed by atoms with van der Waals surface area (Å²) in [6.07, 6.45) is 0. The van der Waals surface area contributed by atoms with Gasteiger partial charge in [-0.25, -0.2) is 0 Å². The first-order valence-corrected chi connectivity index (χ1v) is 5.27. The molecule has 16 heavy (non-hydrogen) atoms. The van der Waals surface area contributed by atoms with Crippen molar-refractivity contribution in [3.63, 3.8) is 0 Å². The molecule has 0 spiro atoms. The molecule has 0 aliphatic carbocycles. The van der Waals surface area contributed by atoms with Gasteiger partial charge in [-0.05, 0) is 28.1 Å². The number of aromatic hydroxyl groups is 1. The largest absolute Gasteiger partial charge is 0.492 e. The molecule has 1 aromatic heterocycles. The fourth-order valence-electron chi connectivity index (χ4n) is 1.16. The average Bonchev–Trinajstić information content (AvgIpc) is 2.27. The Hall–Kier alpha value is -1.82. The molecule has 0 bridgehead atoms. The van der Waals surface area contributed by atoms with Crippen LogP contribution in [-0.2, 0) is 0 Å². The summed E-state index contributed by atoms with van der Waals surface area (Å²) in [5.41, 5.74) is 0.332. The molecule has 1 heterocycles. The van der Waals surface area contributed by atoms with E-state index in [4.69, 9.17) is 0 Å². The van der Waals surface area contributed by atoms with Crippen LogP contribution in [0.25, 0.3) is 0 Å². The van der Waals surface area contributed by atoms with Crippen LogP contribution >= 0.6 is 15.9 Å². The van der Waals surface area contributed by atoms with E-state index in [1.165, 1.54) is 0 Å². The van der Waals surface area contributed by atoms with Crippen molar-refractivity contribution in [2.75, 3.05) is 5.32 Å². The van der Waals surface area contributed by atoms with Crippen molar-refractivity contribution in [2.45, 2.75) is 0 Å². The summed E-state index contributed by atoms with van der Waals surface area (Å²) in [4.78, 5) is 17.6. The van der Waals surface area contributed by atoms with Crippen LogP contribution in [0.5, 0.6) is 5.88 Å². The maximum atomic E-state index is 11.3. The number of aromatic nitrogens is 2. The fraction of sp³-hybridized carbons (Fsp3) is 0. The van der Waals surface area contributed by atoms with Gasteiger partial charge in [-0.15, -0.1) is 0 Å². The Bertz CT molecular complexity index is 554. The predicted octanol–water partition coefficient (Wildman–Crippen LogP) is 1.98. The van der Waals surface area contributed by atoms with E-state index in [0.717, 1.165) is 5.69 Å². The average molecular weight is 282 g/mol. The standard InChI is InChI=1S/C10H8BrN3O2/c11-7-8(15)13-10(14-9(7)16)12-6-4-2-1-3-5-6/h1-5H,(H3,12,13,14,15,16). The molecule has 1 aromatic carbocycles. The number of nitrogens with zero attached hydrogens (tertiary/aromatic N) is 1. The molecule has 0 amide bonds. The lowest BCUT2D eigenvalue weighted by atomic mass is 10.3. The Balaban J connectivity index is 2.33. The third-order valence-electron chi connectivity index (χ3n) is 1.88. The fourth-order valence-corrected chi connectivity index (χ4v) is 1.35. The van der Waals surface area contributed by atoms with E-state index in [2.05, 4.69) is 31.2 Å². The lowest BCUT2D eigenvalue weighted by Gasteiger charge is -2.05. The molecule has 0 fully saturated rings. The lowest BCUT2D eigenvalue weighted by Crippen LogP contribution is -2.11. The first-order valence-electron chi connectivity index (χ1n) is 4.47. The Morgan fingerprint density at radius 3 is 2.62 bits per heavy atom. The van der Waals surface area contributed by atoms with Gasteiger partial charge in [0.25, 0.3) is 5.56 Å². The first kappa shape index (κ1) is 10.7. The lowest BCUT2D eigenvalue weighted by molar-refractivity contribution is 0.448. The van der Waals surface area contributed by atoms with Crippen molar-refractivity contribution >= 4 is 27.6 Å². The number of para-hydroxylation sites is 1. The van der Waals surface area contributed by atoms with Gasteiger partial charge in [0.2, 0.25) is 11.8 Å². The molecule has 82 valence electrons. The zero-order valence-corrected chi connectivity index (χ0v) is 9.65. The van der Waals surface area contributed by atoms with Gasteiger partial charge in [-0.1, -0.05) is 18.2 Å². The van der Waals surface area contributed by atoms with Gasteiger partial charge in [-0.3, -0.25) is 9.78 Å². The number of hydrogen-bond acceptors (Lipinski definition) is 4. The Morgan fingerprint density at radius 2 is 2.00 bits per heavy atom. The second-order valence-corrected chi connectivity index (χ2v) is 3.84. The molecule has 3 N–H and O–H groups in total. The minimum absolute atomic E-state index is 0.0195. The van der Waals surface area contributed by atoms with Crippen molar-refractivity contribution in [1.82, 2.24) is 9.97 Å². The second kappa shape index (κ2) is 4.36. The number of rotatable bonds is 2. The summed E-state index contributed by atoms with van der Waals surface area (Å²) in [5, 5.41) is 12.2. The number of H-pyrrole nitrogens is 1. The summed E-state index contributed by atoms with van der Waals surface area (Å²) in [7, 11) is 0. The van der Waals surface area contributed by atoms with Crippen molar-refractivity contribution in [2.24, 2.45) is 0 Å². The van der Waals surface area contributed by atoms with Gasteiger partial charge in [0.05, 0.1) is 0 Å². The minimum atomic E-state index is -0.439. The third-order valence-corrected chi connectivity index (χ3v) is 2.60. The van der Waals surface area contributed by atoms with Gasteiger partial charge in [-0.2, -0.15) is 4.98 Å². The Labute approximate surface area is 99.3 Å². The summed E-state index contributed by atoms with van der Waals surface area (Å²) < 4.78 is 0.0195. The predicted molar refractivity (Wildman–Crippen MR) is 63.9 cm³/mol. The zero-order chi connectivity index (χ0) is 11.5. The van der Waals surface area contributed by atoms with E-state index < -0.39 is 5.56 Å². The van der Waals surface area contributed by atoms with Crippen LogP contribution in [0.4, 0.5) is 11.6 Å². The molecule has 6 heteroatoms. The van der Waals surface area contributed by atoms with Crippen LogP contribution in [0.2, 0.25) is 0 Å². The van der Waals surface area contributed by atoms with E-state index >= 15 is 0 Å². The maximum Gasteiger partial charge on any atom is 0.270 e. The van der Waals surface area contributed by atoms with E-state index in [-0.39, 0.29) is 16.3 Å². The molecule has 0 saturated heterocycles. The van der Waals surface area contributed by atoms with E-state index in [1.807, 2.05) is 30.3 Å². The number of anilines is 2. The maximum absolute atomic E-state index is 11.3. The molecule has 0 atom stereocenters. The highest BCUT2D eigenvalue weighted by atomic mass is 79.9. The monoisotopic (exact) mass is 281 g/mol. The topological polar surface area (TPSA) is 78.0 Å².